The molecule has 0 saturated heterocycles. The Morgan fingerprint density at radius 2 is 2.20 bits per heavy atom. The number of hydrogen-bond donors (Lipinski definition) is 1. The molecule has 1 aliphatic rings. The molecule has 0 bridgehead atoms. The van der Waals surface area contributed by atoms with Crippen LogP contribution in [0.3, 0.4) is 0 Å². The first-order chi connectivity index (χ1) is 9.79. The summed E-state index contributed by atoms with van der Waals surface area (Å²) in [7, 11) is 0. The number of likely N-dealkylation sites (N-methyl/N-ethyl adjacent to an activating group) is 1. The fourth-order valence-electron chi connectivity index (χ4n) is 3.14. The first kappa shape index (κ1) is 13.3. The van der Waals surface area contributed by atoms with Crippen LogP contribution < -0.4 is 5.32 Å². The highest BCUT2D eigenvalue weighted by Crippen LogP contribution is 2.40. The molecule has 3 rings (SSSR count). The Bertz CT molecular complexity index is 577. The fourth-order valence-corrected chi connectivity index (χ4v) is 3.14. The Hall–Kier alpha value is -1.74. The summed E-state index contributed by atoms with van der Waals surface area (Å²) in [4.78, 5) is 9.08. The standard InChI is InChI=1S/C17H21N3/c1-3-18-17(14-7-6-12(2)20-11-14)15-9-8-13-5-4-10-19-16(13)15/h4-7,10-11,15,17-18H,3,8-9H2,1-2H3. The molecule has 2 unspecified atom stereocenters. The molecule has 3 nitrogen and oxygen atoms in total. The van der Waals surface area contributed by atoms with Gasteiger partial charge in [-0.15, -0.1) is 0 Å². The van der Waals surface area contributed by atoms with Crippen LogP contribution in [0.15, 0.2) is 36.7 Å². The summed E-state index contributed by atoms with van der Waals surface area (Å²) in [5.74, 6) is 0.454. The van der Waals surface area contributed by atoms with Gasteiger partial charge in [-0.3, -0.25) is 9.97 Å². The van der Waals surface area contributed by atoms with Crippen molar-refractivity contribution in [1.82, 2.24) is 15.3 Å². The topological polar surface area (TPSA) is 37.8 Å². The molecule has 0 amide bonds. The van der Waals surface area contributed by atoms with Crippen molar-refractivity contribution in [2.24, 2.45) is 0 Å². The van der Waals surface area contributed by atoms with Crippen molar-refractivity contribution in [2.75, 3.05) is 6.54 Å². The van der Waals surface area contributed by atoms with Crippen molar-refractivity contribution >= 4 is 0 Å². The first-order valence-electron chi connectivity index (χ1n) is 7.39. The number of fused-ring (bicyclic) bond motifs is 1. The lowest BCUT2D eigenvalue weighted by molar-refractivity contribution is 0.446. The van der Waals surface area contributed by atoms with E-state index in [1.54, 1.807) is 0 Å². The summed E-state index contributed by atoms with van der Waals surface area (Å²) >= 11 is 0. The van der Waals surface area contributed by atoms with Crippen molar-refractivity contribution in [3.8, 4) is 0 Å². The smallest absolute Gasteiger partial charge is 0.0485 e. The van der Waals surface area contributed by atoms with Gasteiger partial charge in [-0.2, -0.15) is 0 Å². The maximum absolute atomic E-state index is 4.63. The molecule has 2 aromatic heterocycles. The number of aromatic nitrogens is 2. The minimum absolute atomic E-state index is 0.309. The molecule has 1 aliphatic carbocycles. The van der Waals surface area contributed by atoms with Crippen molar-refractivity contribution in [3.63, 3.8) is 0 Å². The number of pyridine rings is 2. The lowest BCUT2D eigenvalue weighted by atomic mass is 9.91. The lowest BCUT2D eigenvalue weighted by Gasteiger charge is -2.25. The minimum Gasteiger partial charge on any atom is -0.310 e. The van der Waals surface area contributed by atoms with E-state index in [0.29, 0.717) is 12.0 Å². The number of nitrogens with zero attached hydrogens (tertiary/aromatic N) is 2. The third kappa shape index (κ3) is 2.46. The molecule has 0 aliphatic heterocycles. The van der Waals surface area contributed by atoms with E-state index in [4.69, 9.17) is 0 Å². The van der Waals surface area contributed by atoms with Crippen LogP contribution in [0.2, 0.25) is 0 Å². The van der Waals surface area contributed by atoms with E-state index in [1.807, 2.05) is 25.4 Å². The lowest BCUT2D eigenvalue weighted by Crippen LogP contribution is -2.26. The highest BCUT2D eigenvalue weighted by Gasteiger charge is 2.31. The van der Waals surface area contributed by atoms with Gasteiger partial charge in [-0.25, -0.2) is 0 Å². The average Bonchev–Trinajstić information content (AvgIpc) is 2.90. The quantitative estimate of drug-likeness (QED) is 0.924. The van der Waals surface area contributed by atoms with Gasteiger partial charge in [0.05, 0.1) is 0 Å². The first-order valence-corrected chi connectivity index (χ1v) is 7.39. The summed E-state index contributed by atoms with van der Waals surface area (Å²) < 4.78 is 0. The highest BCUT2D eigenvalue weighted by atomic mass is 14.9. The third-order valence-corrected chi connectivity index (χ3v) is 4.12. The maximum atomic E-state index is 4.63. The van der Waals surface area contributed by atoms with E-state index in [-0.39, 0.29) is 0 Å². The van der Waals surface area contributed by atoms with Crippen molar-refractivity contribution in [3.05, 3.63) is 59.2 Å². The molecule has 0 radical (unpaired) electrons. The molecule has 0 fully saturated rings. The number of hydrogen-bond acceptors (Lipinski definition) is 3. The van der Waals surface area contributed by atoms with Crippen LogP contribution in [0.5, 0.6) is 0 Å². The average molecular weight is 267 g/mol. The number of nitrogens with one attached hydrogen (secondary N) is 1. The number of aryl methyl sites for hydroxylation is 2. The zero-order chi connectivity index (χ0) is 13.9. The van der Waals surface area contributed by atoms with Crippen molar-refractivity contribution < 1.29 is 0 Å². The molecule has 3 heteroatoms. The summed E-state index contributed by atoms with van der Waals surface area (Å²) in [6.45, 7) is 5.14. The fraction of sp³-hybridized carbons (Fsp3) is 0.412. The van der Waals surface area contributed by atoms with E-state index >= 15 is 0 Å². The Kier molecular flexibility index (Phi) is 3.79. The van der Waals surface area contributed by atoms with Crippen molar-refractivity contribution in [1.29, 1.82) is 0 Å². The normalized spacial score (nSPS) is 18.8. The van der Waals surface area contributed by atoms with Crippen LogP contribution in [0.25, 0.3) is 0 Å². The van der Waals surface area contributed by atoms with Crippen LogP contribution >= 0.6 is 0 Å². The predicted octanol–water partition coefficient (Wildman–Crippen LogP) is 3.17. The predicted molar refractivity (Wildman–Crippen MR) is 80.7 cm³/mol. The summed E-state index contributed by atoms with van der Waals surface area (Å²) in [6.07, 6.45) is 6.21. The van der Waals surface area contributed by atoms with Crippen molar-refractivity contribution in [2.45, 2.75) is 38.6 Å². The van der Waals surface area contributed by atoms with E-state index in [9.17, 15) is 0 Å². The molecule has 1 N–H and O–H groups in total. The second kappa shape index (κ2) is 5.71. The largest absolute Gasteiger partial charge is 0.310 e. The summed E-state index contributed by atoms with van der Waals surface area (Å²) in [5, 5.41) is 3.62. The van der Waals surface area contributed by atoms with Gasteiger partial charge in [0.2, 0.25) is 0 Å². The Morgan fingerprint density at radius 1 is 1.30 bits per heavy atom. The van der Waals surface area contributed by atoms with Crippen LogP contribution in [-0.2, 0) is 6.42 Å². The molecule has 0 spiro atoms. The van der Waals surface area contributed by atoms with Gasteiger partial charge in [0.15, 0.2) is 0 Å². The second-order valence-electron chi connectivity index (χ2n) is 5.46. The zero-order valence-corrected chi connectivity index (χ0v) is 12.1. The monoisotopic (exact) mass is 267 g/mol. The van der Waals surface area contributed by atoms with E-state index in [0.717, 1.165) is 25.1 Å². The summed E-state index contributed by atoms with van der Waals surface area (Å²) in [5.41, 5.74) is 4.99. The van der Waals surface area contributed by atoms with Gasteiger partial charge in [0, 0.05) is 35.7 Å². The van der Waals surface area contributed by atoms with E-state index < -0.39 is 0 Å². The second-order valence-corrected chi connectivity index (χ2v) is 5.46. The molecular formula is C17H21N3. The summed E-state index contributed by atoms with van der Waals surface area (Å²) in [6, 6.07) is 8.84. The van der Waals surface area contributed by atoms with E-state index in [2.05, 4.69) is 40.4 Å². The van der Waals surface area contributed by atoms with Gasteiger partial charge >= 0.3 is 0 Å². The van der Waals surface area contributed by atoms with Crippen LogP contribution in [0, 0.1) is 6.92 Å². The molecule has 2 aromatic rings. The third-order valence-electron chi connectivity index (χ3n) is 4.12. The van der Waals surface area contributed by atoms with Gasteiger partial charge in [-0.1, -0.05) is 19.1 Å². The molecule has 20 heavy (non-hydrogen) atoms. The van der Waals surface area contributed by atoms with Gasteiger partial charge < -0.3 is 5.32 Å². The SMILES string of the molecule is CCNC(c1ccc(C)nc1)C1CCc2cccnc21. The highest BCUT2D eigenvalue weighted by molar-refractivity contribution is 5.33. The van der Waals surface area contributed by atoms with E-state index in [1.165, 1.54) is 16.8 Å². The molecule has 2 heterocycles. The zero-order valence-electron chi connectivity index (χ0n) is 12.1. The van der Waals surface area contributed by atoms with Crippen LogP contribution in [0.4, 0.5) is 0 Å². The molecule has 2 atom stereocenters. The van der Waals surface area contributed by atoms with Crippen LogP contribution in [0.1, 0.15) is 47.8 Å². The molecule has 0 saturated carbocycles. The minimum atomic E-state index is 0.309. The molecule has 0 aromatic carbocycles. The maximum Gasteiger partial charge on any atom is 0.0485 e. The van der Waals surface area contributed by atoms with Gasteiger partial charge in [0.1, 0.15) is 0 Å². The van der Waals surface area contributed by atoms with Gasteiger partial charge in [-0.05, 0) is 49.6 Å². The molecule has 104 valence electrons. The Labute approximate surface area is 120 Å². The Balaban J connectivity index is 1.94. The Morgan fingerprint density at radius 3 is 2.95 bits per heavy atom. The molecular weight excluding hydrogens is 246 g/mol. The number of rotatable bonds is 4. The van der Waals surface area contributed by atoms with Gasteiger partial charge in [0.25, 0.3) is 0 Å². The van der Waals surface area contributed by atoms with Crippen LogP contribution in [-0.4, -0.2) is 16.5 Å².